The summed E-state index contributed by atoms with van der Waals surface area (Å²) in [4.78, 5) is 1.32. The van der Waals surface area contributed by atoms with Crippen molar-refractivity contribution in [3.05, 3.63) is 24.3 Å². The number of nitrogens with two attached hydrogens (primary N) is 1. The minimum Gasteiger partial charge on any atom is -0.327 e. The standard InChI is InChI=1S/C12H18N2O2S2/c1-17-11-5-2-6-12(8-11)18(15,16)14-7-3-4-10(13)9-14/h2,5-6,8,10H,3-4,7,9,13H2,1H3. The molecule has 1 aliphatic rings. The molecule has 2 N–H and O–H groups in total. The highest BCUT2D eigenvalue weighted by molar-refractivity contribution is 7.98. The Morgan fingerprint density at radius 1 is 1.44 bits per heavy atom. The number of hydrogen-bond donors (Lipinski definition) is 1. The van der Waals surface area contributed by atoms with Crippen molar-refractivity contribution in [1.29, 1.82) is 0 Å². The molecule has 1 unspecified atom stereocenters. The van der Waals surface area contributed by atoms with Crippen LogP contribution in [0.2, 0.25) is 0 Å². The van der Waals surface area contributed by atoms with Crippen LogP contribution in [0, 0.1) is 0 Å². The van der Waals surface area contributed by atoms with Gasteiger partial charge in [0.05, 0.1) is 4.90 Å². The maximum absolute atomic E-state index is 12.5. The van der Waals surface area contributed by atoms with E-state index in [4.69, 9.17) is 5.73 Å². The Bertz CT molecular complexity index is 517. The predicted octanol–water partition coefficient (Wildman–Crippen LogP) is 1.52. The van der Waals surface area contributed by atoms with Gasteiger partial charge in [0, 0.05) is 24.0 Å². The van der Waals surface area contributed by atoms with Gasteiger partial charge in [-0.15, -0.1) is 11.8 Å². The maximum atomic E-state index is 12.5. The molecular formula is C12H18N2O2S2. The van der Waals surface area contributed by atoms with Gasteiger partial charge in [0.15, 0.2) is 0 Å². The van der Waals surface area contributed by atoms with Crippen molar-refractivity contribution in [2.45, 2.75) is 28.7 Å². The molecule has 1 aromatic rings. The molecule has 0 aliphatic carbocycles. The molecule has 0 spiro atoms. The molecule has 1 aliphatic heterocycles. The number of thioether (sulfide) groups is 1. The van der Waals surface area contributed by atoms with Crippen molar-refractivity contribution in [2.24, 2.45) is 5.73 Å². The lowest BCUT2D eigenvalue weighted by Crippen LogP contribution is -2.45. The number of sulfonamides is 1. The fraction of sp³-hybridized carbons (Fsp3) is 0.500. The first-order valence-corrected chi connectivity index (χ1v) is 8.60. The van der Waals surface area contributed by atoms with Crippen molar-refractivity contribution >= 4 is 21.8 Å². The van der Waals surface area contributed by atoms with E-state index < -0.39 is 10.0 Å². The van der Waals surface area contributed by atoms with Gasteiger partial charge in [-0.05, 0) is 37.3 Å². The summed E-state index contributed by atoms with van der Waals surface area (Å²) in [6.45, 7) is 0.991. The quantitative estimate of drug-likeness (QED) is 0.856. The van der Waals surface area contributed by atoms with Crippen LogP contribution in [0.4, 0.5) is 0 Å². The molecular weight excluding hydrogens is 268 g/mol. The Balaban J connectivity index is 2.29. The van der Waals surface area contributed by atoms with Gasteiger partial charge >= 0.3 is 0 Å². The first-order valence-electron chi connectivity index (χ1n) is 5.94. The van der Waals surface area contributed by atoms with Crippen LogP contribution in [0.25, 0.3) is 0 Å². The van der Waals surface area contributed by atoms with E-state index in [2.05, 4.69) is 0 Å². The second-order valence-corrected chi connectivity index (χ2v) is 7.26. The van der Waals surface area contributed by atoms with Crippen LogP contribution in [0.3, 0.4) is 0 Å². The molecule has 4 nitrogen and oxygen atoms in total. The summed E-state index contributed by atoms with van der Waals surface area (Å²) in [5.41, 5.74) is 5.85. The molecule has 1 heterocycles. The summed E-state index contributed by atoms with van der Waals surface area (Å²) in [6, 6.07) is 7.01. The molecule has 18 heavy (non-hydrogen) atoms. The molecule has 0 saturated carbocycles. The predicted molar refractivity (Wildman–Crippen MR) is 74.2 cm³/mol. The summed E-state index contributed by atoms with van der Waals surface area (Å²) in [6.07, 6.45) is 3.67. The molecule has 100 valence electrons. The Hall–Kier alpha value is -0.560. The smallest absolute Gasteiger partial charge is 0.243 e. The van der Waals surface area contributed by atoms with E-state index >= 15 is 0 Å². The van der Waals surface area contributed by atoms with Gasteiger partial charge in [-0.3, -0.25) is 0 Å². The SMILES string of the molecule is CSc1cccc(S(=O)(=O)N2CCCC(N)C2)c1. The lowest BCUT2D eigenvalue weighted by molar-refractivity contribution is 0.316. The normalized spacial score (nSPS) is 22.0. The zero-order valence-corrected chi connectivity index (χ0v) is 12.0. The van der Waals surface area contributed by atoms with E-state index in [0.29, 0.717) is 18.0 Å². The van der Waals surface area contributed by atoms with E-state index in [9.17, 15) is 8.42 Å². The number of piperidine rings is 1. The van der Waals surface area contributed by atoms with Crippen LogP contribution in [-0.2, 0) is 10.0 Å². The van der Waals surface area contributed by atoms with Gasteiger partial charge < -0.3 is 5.73 Å². The minimum atomic E-state index is -3.39. The fourth-order valence-electron chi connectivity index (χ4n) is 2.10. The molecule has 0 amide bonds. The largest absolute Gasteiger partial charge is 0.327 e. The fourth-order valence-corrected chi connectivity index (χ4v) is 4.22. The van der Waals surface area contributed by atoms with Crippen LogP contribution < -0.4 is 5.73 Å². The second-order valence-electron chi connectivity index (χ2n) is 4.44. The van der Waals surface area contributed by atoms with Crippen LogP contribution >= 0.6 is 11.8 Å². The summed E-state index contributed by atoms with van der Waals surface area (Å²) >= 11 is 1.54. The monoisotopic (exact) mass is 286 g/mol. The lowest BCUT2D eigenvalue weighted by Gasteiger charge is -2.29. The van der Waals surface area contributed by atoms with Crippen molar-refractivity contribution in [2.75, 3.05) is 19.3 Å². The highest BCUT2D eigenvalue weighted by atomic mass is 32.2. The third-order valence-electron chi connectivity index (χ3n) is 3.10. The van der Waals surface area contributed by atoms with Gasteiger partial charge in [-0.1, -0.05) is 6.07 Å². The van der Waals surface area contributed by atoms with Crippen LogP contribution in [0.1, 0.15) is 12.8 Å². The van der Waals surface area contributed by atoms with Gasteiger partial charge in [0.25, 0.3) is 0 Å². The Morgan fingerprint density at radius 3 is 2.89 bits per heavy atom. The third kappa shape index (κ3) is 2.88. The Kier molecular flexibility index (Phi) is 4.32. The van der Waals surface area contributed by atoms with Crippen molar-refractivity contribution in [1.82, 2.24) is 4.31 Å². The molecule has 1 saturated heterocycles. The summed E-state index contributed by atoms with van der Waals surface area (Å²) < 4.78 is 26.4. The van der Waals surface area contributed by atoms with E-state index in [1.54, 1.807) is 18.2 Å². The van der Waals surface area contributed by atoms with Crippen molar-refractivity contribution in [3.8, 4) is 0 Å². The molecule has 0 bridgehead atoms. The first kappa shape index (κ1) is 13.9. The second kappa shape index (κ2) is 5.61. The molecule has 1 atom stereocenters. The number of nitrogens with zero attached hydrogens (tertiary/aromatic N) is 1. The molecule has 0 aromatic heterocycles. The van der Waals surface area contributed by atoms with E-state index in [1.165, 1.54) is 16.1 Å². The van der Waals surface area contributed by atoms with E-state index in [0.717, 1.165) is 17.7 Å². The van der Waals surface area contributed by atoms with Crippen molar-refractivity contribution in [3.63, 3.8) is 0 Å². The average Bonchev–Trinajstić information content (AvgIpc) is 2.39. The zero-order chi connectivity index (χ0) is 13.2. The number of rotatable bonds is 3. The van der Waals surface area contributed by atoms with Gasteiger partial charge in [0.2, 0.25) is 10.0 Å². The van der Waals surface area contributed by atoms with Gasteiger partial charge in [-0.25, -0.2) is 8.42 Å². The zero-order valence-electron chi connectivity index (χ0n) is 10.4. The minimum absolute atomic E-state index is 0.0442. The Labute approximate surface area is 113 Å². The number of benzene rings is 1. The van der Waals surface area contributed by atoms with Crippen LogP contribution in [-0.4, -0.2) is 38.1 Å². The highest BCUT2D eigenvalue weighted by Gasteiger charge is 2.28. The maximum Gasteiger partial charge on any atom is 0.243 e. The molecule has 0 radical (unpaired) electrons. The van der Waals surface area contributed by atoms with E-state index in [1.807, 2.05) is 12.3 Å². The van der Waals surface area contributed by atoms with Gasteiger partial charge in [-0.2, -0.15) is 4.31 Å². The Morgan fingerprint density at radius 2 is 2.22 bits per heavy atom. The highest BCUT2D eigenvalue weighted by Crippen LogP contribution is 2.23. The molecule has 2 rings (SSSR count). The topological polar surface area (TPSA) is 63.4 Å². The van der Waals surface area contributed by atoms with Gasteiger partial charge in [0.1, 0.15) is 0 Å². The van der Waals surface area contributed by atoms with Crippen LogP contribution in [0.5, 0.6) is 0 Å². The summed E-state index contributed by atoms with van der Waals surface area (Å²) in [5.74, 6) is 0. The molecule has 1 fully saturated rings. The summed E-state index contributed by atoms with van der Waals surface area (Å²) in [7, 11) is -3.39. The lowest BCUT2D eigenvalue weighted by atomic mass is 10.1. The average molecular weight is 286 g/mol. The molecule has 6 heteroatoms. The van der Waals surface area contributed by atoms with Crippen LogP contribution in [0.15, 0.2) is 34.1 Å². The first-order chi connectivity index (χ1) is 8.54. The van der Waals surface area contributed by atoms with E-state index in [-0.39, 0.29) is 6.04 Å². The third-order valence-corrected chi connectivity index (χ3v) is 5.69. The molecule has 1 aromatic carbocycles. The van der Waals surface area contributed by atoms with Crippen molar-refractivity contribution < 1.29 is 8.42 Å². The number of hydrogen-bond acceptors (Lipinski definition) is 4. The summed E-state index contributed by atoms with van der Waals surface area (Å²) in [5, 5.41) is 0.